The van der Waals surface area contributed by atoms with Crippen LogP contribution in [0.15, 0.2) is 18.2 Å². The maximum Gasteiger partial charge on any atom is 0.233 e. The van der Waals surface area contributed by atoms with E-state index in [1.165, 1.54) is 0 Å². The second-order valence-corrected chi connectivity index (χ2v) is 6.19. The van der Waals surface area contributed by atoms with Crippen LogP contribution in [0.3, 0.4) is 0 Å². The van der Waals surface area contributed by atoms with E-state index in [1.54, 1.807) is 18.2 Å². The summed E-state index contributed by atoms with van der Waals surface area (Å²) in [6, 6.07) is 4.94. The van der Waals surface area contributed by atoms with Gasteiger partial charge in [0.25, 0.3) is 0 Å². The van der Waals surface area contributed by atoms with Gasteiger partial charge in [0.1, 0.15) is 6.42 Å². The molecule has 0 atom stereocenters. The highest BCUT2D eigenvalue weighted by Crippen LogP contribution is 2.28. The SMILES string of the molecule is CC(C)(C)CC(=O)c1ccc2c(c1)NC(=O)CC(=O)N2. The first kappa shape index (κ1) is 14.2. The first-order valence-corrected chi connectivity index (χ1v) is 6.51. The van der Waals surface area contributed by atoms with Gasteiger partial charge in [-0.15, -0.1) is 0 Å². The molecule has 1 aliphatic heterocycles. The smallest absolute Gasteiger partial charge is 0.233 e. The number of amides is 2. The number of nitrogens with one attached hydrogen (secondary N) is 2. The van der Waals surface area contributed by atoms with Gasteiger partial charge < -0.3 is 10.6 Å². The monoisotopic (exact) mass is 274 g/mol. The predicted molar refractivity (Wildman–Crippen MR) is 76.7 cm³/mol. The lowest BCUT2D eigenvalue weighted by Crippen LogP contribution is -2.16. The van der Waals surface area contributed by atoms with Crippen LogP contribution in [0.1, 0.15) is 44.0 Å². The van der Waals surface area contributed by atoms with E-state index < -0.39 is 0 Å². The van der Waals surface area contributed by atoms with E-state index in [0.717, 1.165) is 0 Å². The highest BCUT2D eigenvalue weighted by molar-refractivity contribution is 6.14. The van der Waals surface area contributed by atoms with Crippen LogP contribution in [-0.4, -0.2) is 17.6 Å². The number of rotatable bonds is 2. The van der Waals surface area contributed by atoms with E-state index >= 15 is 0 Å². The van der Waals surface area contributed by atoms with Gasteiger partial charge in [-0.25, -0.2) is 0 Å². The molecule has 2 amide bonds. The summed E-state index contributed by atoms with van der Waals surface area (Å²) >= 11 is 0. The van der Waals surface area contributed by atoms with Crippen molar-refractivity contribution >= 4 is 29.0 Å². The average Bonchev–Trinajstić information content (AvgIpc) is 2.42. The van der Waals surface area contributed by atoms with E-state index in [1.807, 2.05) is 20.8 Å². The standard InChI is InChI=1S/C15H18N2O3/c1-15(2,3)8-12(18)9-4-5-10-11(6-9)17-14(20)7-13(19)16-10/h4-6H,7-8H2,1-3H3,(H,16,19)(H,17,20). The van der Waals surface area contributed by atoms with Gasteiger partial charge in [-0.1, -0.05) is 20.8 Å². The fourth-order valence-corrected chi connectivity index (χ4v) is 2.05. The zero-order chi connectivity index (χ0) is 14.9. The van der Waals surface area contributed by atoms with Crippen LogP contribution in [0, 0.1) is 5.41 Å². The van der Waals surface area contributed by atoms with E-state index in [-0.39, 0.29) is 29.4 Å². The molecule has 106 valence electrons. The number of hydrogen-bond acceptors (Lipinski definition) is 3. The maximum atomic E-state index is 12.2. The predicted octanol–water partition coefficient (Wildman–Crippen LogP) is 2.59. The summed E-state index contributed by atoms with van der Waals surface area (Å²) in [7, 11) is 0. The van der Waals surface area contributed by atoms with Crippen LogP contribution < -0.4 is 10.6 Å². The first-order chi connectivity index (χ1) is 9.24. The minimum absolute atomic E-state index is 0.0186. The average molecular weight is 274 g/mol. The van der Waals surface area contributed by atoms with Gasteiger partial charge in [0.15, 0.2) is 5.78 Å². The molecule has 0 fully saturated rings. The van der Waals surface area contributed by atoms with Crippen LogP contribution in [0.25, 0.3) is 0 Å². The Morgan fingerprint density at radius 2 is 1.70 bits per heavy atom. The van der Waals surface area contributed by atoms with Crippen molar-refractivity contribution in [3.63, 3.8) is 0 Å². The molecule has 0 bridgehead atoms. The van der Waals surface area contributed by atoms with Gasteiger partial charge in [0, 0.05) is 12.0 Å². The topological polar surface area (TPSA) is 75.3 Å². The lowest BCUT2D eigenvalue weighted by molar-refractivity contribution is -0.123. The first-order valence-electron chi connectivity index (χ1n) is 6.51. The fraction of sp³-hybridized carbons (Fsp3) is 0.400. The van der Waals surface area contributed by atoms with Crippen LogP contribution in [-0.2, 0) is 9.59 Å². The van der Waals surface area contributed by atoms with Crippen molar-refractivity contribution in [2.45, 2.75) is 33.6 Å². The van der Waals surface area contributed by atoms with Crippen LogP contribution >= 0.6 is 0 Å². The molecule has 1 aliphatic rings. The molecular weight excluding hydrogens is 256 g/mol. The number of Topliss-reactive ketones (excluding diaryl/α,β-unsaturated/α-hetero) is 1. The molecule has 1 heterocycles. The summed E-state index contributed by atoms with van der Waals surface area (Å²) in [6.07, 6.45) is 0.214. The third kappa shape index (κ3) is 3.44. The Balaban J connectivity index is 2.29. The molecule has 0 aliphatic carbocycles. The normalized spacial score (nSPS) is 14.9. The third-order valence-electron chi connectivity index (χ3n) is 2.90. The van der Waals surface area contributed by atoms with Gasteiger partial charge >= 0.3 is 0 Å². The van der Waals surface area contributed by atoms with Gasteiger partial charge in [0.05, 0.1) is 11.4 Å². The molecule has 20 heavy (non-hydrogen) atoms. The number of anilines is 2. The summed E-state index contributed by atoms with van der Waals surface area (Å²) < 4.78 is 0. The Kier molecular flexibility index (Phi) is 3.61. The van der Waals surface area contributed by atoms with Crippen molar-refractivity contribution in [2.75, 3.05) is 10.6 Å². The van der Waals surface area contributed by atoms with Gasteiger partial charge in [-0.3, -0.25) is 14.4 Å². The van der Waals surface area contributed by atoms with Crippen LogP contribution in [0.4, 0.5) is 11.4 Å². The molecule has 1 aromatic carbocycles. The quantitative estimate of drug-likeness (QED) is 0.643. The van der Waals surface area contributed by atoms with Crippen molar-refractivity contribution in [1.82, 2.24) is 0 Å². The second kappa shape index (κ2) is 5.07. The molecule has 2 N–H and O–H groups in total. The summed E-state index contributed by atoms with van der Waals surface area (Å²) in [6.45, 7) is 5.99. The van der Waals surface area contributed by atoms with Crippen molar-refractivity contribution < 1.29 is 14.4 Å². The molecule has 0 aromatic heterocycles. The highest BCUT2D eigenvalue weighted by atomic mass is 16.2. The molecule has 0 spiro atoms. The van der Waals surface area contributed by atoms with Gasteiger partial charge in [-0.05, 0) is 23.6 Å². The highest BCUT2D eigenvalue weighted by Gasteiger charge is 2.21. The largest absolute Gasteiger partial charge is 0.324 e. The molecule has 1 aromatic rings. The van der Waals surface area contributed by atoms with Crippen molar-refractivity contribution in [2.24, 2.45) is 5.41 Å². The Bertz CT molecular complexity index is 585. The molecule has 5 nitrogen and oxygen atoms in total. The molecular formula is C15H18N2O3. The summed E-state index contributed by atoms with van der Waals surface area (Å²) in [5.74, 6) is -0.707. The zero-order valence-electron chi connectivity index (χ0n) is 11.9. The molecule has 0 unspecified atom stereocenters. The molecule has 0 saturated carbocycles. The number of fused-ring (bicyclic) bond motifs is 1. The van der Waals surface area contributed by atoms with Crippen LogP contribution in [0.5, 0.6) is 0 Å². The molecule has 0 saturated heterocycles. The van der Waals surface area contributed by atoms with Crippen molar-refractivity contribution in [1.29, 1.82) is 0 Å². The Morgan fingerprint density at radius 1 is 1.10 bits per heavy atom. The summed E-state index contributed by atoms with van der Waals surface area (Å²) in [4.78, 5) is 35.1. The molecule has 2 rings (SSSR count). The molecule has 0 radical (unpaired) electrons. The third-order valence-corrected chi connectivity index (χ3v) is 2.90. The number of carbonyl (C=O) groups is 3. The lowest BCUT2D eigenvalue weighted by Gasteiger charge is -2.17. The maximum absolute atomic E-state index is 12.2. The second-order valence-electron chi connectivity index (χ2n) is 6.19. The summed E-state index contributed by atoms with van der Waals surface area (Å²) in [5.41, 5.74) is 1.44. The fourth-order valence-electron chi connectivity index (χ4n) is 2.05. The van der Waals surface area contributed by atoms with Crippen molar-refractivity contribution in [3.8, 4) is 0 Å². The van der Waals surface area contributed by atoms with E-state index in [9.17, 15) is 14.4 Å². The molecule has 5 heteroatoms. The number of ketones is 1. The van der Waals surface area contributed by atoms with E-state index in [2.05, 4.69) is 10.6 Å². The number of carbonyl (C=O) groups excluding carboxylic acids is 3. The lowest BCUT2D eigenvalue weighted by atomic mass is 9.88. The van der Waals surface area contributed by atoms with Gasteiger partial charge in [-0.2, -0.15) is 0 Å². The Morgan fingerprint density at radius 3 is 2.30 bits per heavy atom. The van der Waals surface area contributed by atoms with Crippen LogP contribution in [0.2, 0.25) is 0 Å². The number of benzene rings is 1. The number of hydrogen-bond donors (Lipinski definition) is 2. The minimum Gasteiger partial charge on any atom is -0.324 e. The minimum atomic E-state index is -0.373. The zero-order valence-corrected chi connectivity index (χ0v) is 11.9. The van der Waals surface area contributed by atoms with Crippen molar-refractivity contribution in [3.05, 3.63) is 23.8 Å². The Labute approximate surface area is 117 Å². The van der Waals surface area contributed by atoms with Gasteiger partial charge in [0.2, 0.25) is 11.8 Å². The Hall–Kier alpha value is -2.17. The summed E-state index contributed by atoms with van der Waals surface area (Å²) in [5, 5.41) is 5.27. The van der Waals surface area contributed by atoms with E-state index in [4.69, 9.17) is 0 Å². The van der Waals surface area contributed by atoms with E-state index in [0.29, 0.717) is 23.4 Å².